The summed E-state index contributed by atoms with van der Waals surface area (Å²) in [6.07, 6.45) is 6.13. The van der Waals surface area contributed by atoms with E-state index in [1.54, 1.807) is 0 Å². The Hall–Kier alpha value is -0.590. The number of hydrogen-bond acceptors (Lipinski definition) is 3. The highest BCUT2D eigenvalue weighted by Crippen LogP contribution is 2.31. The van der Waals surface area contributed by atoms with Crippen LogP contribution >= 0.6 is 0 Å². The molecule has 1 saturated carbocycles. The molecule has 0 spiro atoms. The van der Waals surface area contributed by atoms with Gasteiger partial charge in [0.25, 0.3) is 0 Å². The maximum Gasteiger partial charge on any atom is 0.0774 e. The molecule has 3 heteroatoms. The monoisotopic (exact) mass is 252 g/mol. The van der Waals surface area contributed by atoms with E-state index in [4.69, 9.17) is 5.26 Å². The molecule has 2 unspecified atom stereocenters. The first-order valence-corrected chi connectivity index (χ1v) is 7.21. The Morgan fingerprint density at radius 1 is 1.50 bits per heavy atom. The fourth-order valence-corrected chi connectivity index (χ4v) is 2.83. The van der Waals surface area contributed by atoms with Crippen LogP contribution in [0.5, 0.6) is 0 Å². The van der Waals surface area contributed by atoms with Crippen molar-refractivity contribution < 1.29 is 5.11 Å². The Kier molecular flexibility index (Phi) is 5.62. The standard InChI is InChI=1S/C15H28N2O/c1-13-6-4-8-15(18,10-13)12-17-9-5-7-14(2,3)11-16/h13,17-18H,4-10,12H2,1-3H3. The second-order valence-corrected chi connectivity index (χ2v) is 6.70. The van der Waals surface area contributed by atoms with Crippen molar-refractivity contribution in [1.82, 2.24) is 5.32 Å². The van der Waals surface area contributed by atoms with Gasteiger partial charge in [0.15, 0.2) is 0 Å². The molecule has 0 bridgehead atoms. The van der Waals surface area contributed by atoms with Crippen LogP contribution in [0.1, 0.15) is 59.3 Å². The van der Waals surface area contributed by atoms with Gasteiger partial charge >= 0.3 is 0 Å². The molecule has 2 N–H and O–H groups in total. The molecule has 1 aliphatic carbocycles. The van der Waals surface area contributed by atoms with Gasteiger partial charge in [-0.25, -0.2) is 0 Å². The van der Waals surface area contributed by atoms with E-state index in [1.807, 2.05) is 13.8 Å². The van der Waals surface area contributed by atoms with Crippen LogP contribution in [0.25, 0.3) is 0 Å². The van der Waals surface area contributed by atoms with Crippen molar-refractivity contribution in [2.45, 2.75) is 64.9 Å². The molecule has 104 valence electrons. The molecule has 1 rings (SSSR count). The lowest BCUT2D eigenvalue weighted by molar-refractivity contribution is -0.0116. The van der Waals surface area contributed by atoms with E-state index < -0.39 is 5.60 Å². The number of nitriles is 1. The average Bonchev–Trinajstić information content (AvgIpc) is 2.28. The topological polar surface area (TPSA) is 56.0 Å². The zero-order chi connectivity index (χ0) is 13.6. The lowest BCUT2D eigenvalue weighted by Crippen LogP contribution is -2.44. The quantitative estimate of drug-likeness (QED) is 0.715. The van der Waals surface area contributed by atoms with Gasteiger partial charge in [-0.05, 0) is 52.0 Å². The van der Waals surface area contributed by atoms with E-state index in [2.05, 4.69) is 18.3 Å². The van der Waals surface area contributed by atoms with Crippen molar-refractivity contribution in [3.63, 3.8) is 0 Å². The zero-order valence-electron chi connectivity index (χ0n) is 12.1. The van der Waals surface area contributed by atoms with E-state index in [1.165, 1.54) is 6.42 Å². The number of nitrogens with one attached hydrogen (secondary N) is 1. The molecule has 2 atom stereocenters. The highest BCUT2D eigenvalue weighted by molar-refractivity contribution is 4.91. The minimum absolute atomic E-state index is 0.224. The molecule has 0 aliphatic heterocycles. The zero-order valence-corrected chi connectivity index (χ0v) is 12.1. The first-order valence-electron chi connectivity index (χ1n) is 7.21. The van der Waals surface area contributed by atoms with E-state index in [9.17, 15) is 5.11 Å². The summed E-state index contributed by atoms with van der Waals surface area (Å²) in [6.45, 7) is 7.76. The summed E-state index contributed by atoms with van der Waals surface area (Å²) in [7, 11) is 0. The first-order chi connectivity index (χ1) is 8.37. The molecular weight excluding hydrogens is 224 g/mol. The van der Waals surface area contributed by atoms with Gasteiger partial charge in [-0.3, -0.25) is 0 Å². The predicted octanol–water partition coefficient (Wildman–Crippen LogP) is 2.85. The smallest absolute Gasteiger partial charge is 0.0774 e. The number of aliphatic hydroxyl groups is 1. The normalized spacial score (nSPS) is 28.9. The van der Waals surface area contributed by atoms with Crippen LogP contribution < -0.4 is 5.32 Å². The minimum Gasteiger partial charge on any atom is -0.389 e. The van der Waals surface area contributed by atoms with Crippen molar-refractivity contribution in [2.24, 2.45) is 11.3 Å². The summed E-state index contributed by atoms with van der Waals surface area (Å²) in [4.78, 5) is 0. The summed E-state index contributed by atoms with van der Waals surface area (Å²) < 4.78 is 0. The first kappa shape index (κ1) is 15.5. The fraction of sp³-hybridized carbons (Fsp3) is 0.933. The lowest BCUT2D eigenvalue weighted by Gasteiger charge is -2.35. The molecule has 0 heterocycles. The largest absolute Gasteiger partial charge is 0.389 e. The van der Waals surface area contributed by atoms with Crippen molar-refractivity contribution >= 4 is 0 Å². The molecule has 0 radical (unpaired) electrons. The number of rotatable bonds is 6. The molecule has 0 aromatic heterocycles. The molecule has 0 aromatic rings. The van der Waals surface area contributed by atoms with Crippen LogP contribution in [-0.4, -0.2) is 23.8 Å². The maximum atomic E-state index is 10.4. The molecule has 18 heavy (non-hydrogen) atoms. The molecule has 1 fully saturated rings. The second-order valence-electron chi connectivity index (χ2n) is 6.70. The Bertz CT molecular complexity index is 295. The van der Waals surface area contributed by atoms with E-state index in [0.29, 0.717) is 12.5 Å². The van der Waals surface area contributed by atoms with E-state index in [0.717, 1.165) is 38.6 Å². The van der Waals surface area contributed by atoms with Gasteiger partial charge in [-0.1, -0.05) is 19.8 Å². The van der Waals surface area contributed by atoms with Gasteiger partial charge in [-0.15, -0.1) is 0 Å². The third kappa shape index (κ3) is 5.37. The van der Waals surface area contributed by atoms with Crippen molar-refractivity contribution in [2.75, 3.05) is 13.1 Å². The van der Waals surface area contributed by atoms with Gasteiger partial charge in [0, 0.05) is 6.54 Å². The number of nitrogens with zero attached hydrogens (tertiary/aromatic N) is 1. The van der Waals surface area contributed by atoms with Gasteiger partial charge < -0.3 is 10.4 Å². The molecule has 0 saturated heterocycles. The van der Waals surface area contributed by atoms with Crippen LogP contribution in [0.3, 0.4) is 0 Å². The van der Waals surface area contributed by atoms with Gasteiger partial charge in [0.1, 0.15) is 0 Å². The van der Waals surface area contributed by atoms with E-state index >= 15 is 0 Å². The summed E-state index contributed by atoms with van der Waals surface area (Å²) in [5.74, 6) is 0.642. The summed E-state index contributed by atoms with van der Waals surface area (Å²) in [6, 6.07) is 2.32. The van der Waals surface area contributed by atoms with Crippen LogP contribution in [-0.2, 0) is 0 Å². The van der Waals surface area contributed by atoms with Crippen LogP contribution in [0, 0.1) is 22.7 Å². The third-order valence-electron chi connectivity index (χ3n) is 3.98. The van der Waals surface area contributed by atoms with Crippen LogP contribution in [0.2, 0.25) is 0 Å². The molecule has 1 aliphatic rings. The Morgan fingerprint density at radius 2 is 2.22 bits per heavy atom. The van der Waals surface area contributed by atoms with Crippen LogP contribution in [0.4, 0.5) is 0 Å². The van der Waals surface area contributed by atoms with Gasteiger partial charge in [-0.2, -0.15) is 5.26 Å². The van der Waals surface area contributed by atoms with Crippen LogP contribution in [0.15, 0.2) is 0 Å². The molecule has 0 amide bonds. The predicted molar refractivity (Wildman–Crippen MR) is 74.1 cm³/mol. The minimum atomic E-state index is -0.498. The van der Waals surface area contributed by atoms with Crippen molar-refractivity contribution in [3.8, 4) is 6.07 Å². The molecule has 0 aromatic carbocycles. The number of hydrogen-bond donors (Lipinski definition) is 2. The summed E-state index contributed by atoms with van der Waals surface area (Å²) in [5, 5.41) is 22.7. The average molecular weight is 252 g/mol. The maximum absolute atomic E-state index is 10.4. The summed E-state index contributed by atoms with van der Waals surface area (Å²) in [5.41, 5.74) is -0.722. The molecular formula is C15H28N2O. The lowest BCUT2D eigenvalue weighted by atomic mass is 9.79. The second kappa shape index (κ2) is 6.54. The Morgan fingerprint density at radius 3 is 2.83 bits per heavy atom. The van der Waals surface area contributed by atoms with Gasteiger partial charge in [0.2, 0.25) is 0 Å². The Balaban J connectivity index is 2.16. The molecule has 3 nitrogen and oxygen atoms in total. The third-order valence-corrected chi connectivity index (χ3v) is 3.98. The highest BCUT2D eigenvalue weighted by Gasteiger charge is 2.31. The van der Waals surface area contributed by atoms with Crippen molar-refractivity contribution in [3.05, 3.63) is 0 Å². The van der Waals surface area contributed by atoms with Crippen molar-refractivity contribution in [1.29, 1.82) is 5.26 Å². The fourth-order valence-electron chi connectivity index (χ4n) is 2.83. The SMILES string of the molecule is CC1CCCC(O)(CNCCCC(C)(C)C#N)C1. The summed E-state index contributed by atoms with van der Waals surface area (Å²) >= 11 is 0. The Labute approximate surface area is 112 Å². The van der Waals surface area contributed by atoms with E-state index in [-0.39, 0.29) is 5.41 Å². The van der Waals surface area contributed by atoms with Gasteiger partial charge in [0.05, 0.1) is 17.1 Å². The highest BCUT2D eigenvalue weighted by atomic mass is 16.3.